The number of nitrogens with zero attached hydrogens (tertiary/aromatic N) is 4. The predicted octanol–water partition coefficient (Wildman–Crippen LogP) is 2.71. The number of hydrogen-bond acceptors (Lipinski definition) is 5. The van der Waals surface area contributed by atoms with E-state index in [2.05, 4.69) is 39.6 Å². The van der Waals surface area contributed by atoms with Crippen molar-refractivity contribution in [3.05, 3.63) is 52.6 Å². The Labute approximate surface area is 179 Å². The van der Waals surface area contributed by atoms with Gasteiger partial charge in [0, 0.05) is 45.1 Å². The number of aromatic nitrogens is 2. The minimum absolute atomic E-state index is 0.0287. The largest absolute Gasteiger partial charge is 0.349 e. The third-order valence-corrected chi connectivity index (χ3v) is 7.27. The van der Waals surface area contributed by atoms with Gasteiger partial charge in [0.15, 0.2) is 5.82 Å². The molecule has 164 valence electrons. The van der Waals surface area contributed by atoms with Gasteiger partial charge in [-0.05, 0) is 29.0 Å². The highest BCUT2D eigenvalue weighted by Crippen LogP contribution is 2.25. The van der Waals surface area contributed by atoms with Gasteiger partial charge in [0.25, 0.3) is 5.56 Å². The summed E-state index contributed by atoms with van der Waals surface area (Å²) in [5.41, 5.74) is 0.943. The zero-order valence-corrected chi connectivity index (χ0v) is 19.3. The molecule has 0 N–H and O–H groups in total. The zero-order valence-electron chi connectivity index (χ0n) is 18.5. The SMILES string of the molecule is CC(C)Cn1ccnc(N2CCN(S(=O)(=O)c3ccc(C(C)(C)C)cc3)CC2)c1=O. The summed E-state index contributed by atoms with van der Waals surface area (Å²) >= 11 is 0. The lowest BCUT2D eigenvalue weighted by Gasteiger charge is -2.34. The van der Waals surface area contributed by atoms with Crippen LogP contribution in [0, 0.1) is 5.92 Å². The van der Waals surface area contributed by atoms with Crippen LogP contribution in [-0.4, -0.2) is 48.5 Å². The van der Waals surface area contributed by atoms with Crippen molar-refractivity contribution in [1.29, 1.82) is 0 Å². The van der Waals surface area contributed by atoms with Gasteiger partial charge in [0.2, 0.25) is 10.0 Å². The smallest absolute Gasteiger partial charge is 0.293 e. The van der Waals surface area contributed by atoms with E-state index in [4.69, 9.17) is 0 Å². The predicted molar refractivity (Wildman–Crippen MR) is 119 cm³/mol. The number of anilines is 1. The molecule has 0 bridgehead atoms. The molecule has 1 aliphatic rings. The molecule has 1 aliphatic heterocycles. The van der Waals surface area contributed by atoms with E-state index in [0.29, 0.717) is 49.4 Å². The van der Waals surface area contributed by atoms with Crippen LogP contribution in [0.5, 0.6) is 0 Å². The van der Waals surface area contributed by atoms with Crippen molar-refractivity contribution in [3.63, 3.8) is 0 Å². The molecule has 1 fully saturated rings. The maximum atomic E-state index is 13.1. The van der Waals surface area contributed by atoms with Crippen LogP contribution in [0.1, 0.15) is 40.2 Å². The van der Waals surface area contributed by atoms with E-state index in [1.165, 1.54) is 4.31 Å². The monoisotopic (exact) mass is 432 g/mol. The summed E-state index contributed by atoms with van der Waals surface area (Å²) in [6, 6.07) is 7.14. The number of rotatable bonds is 5. The molecular weight excluding hydrogens is 400 g/mol. The highest BCUT2D eigenvalue weighted by Gasteiger charge is 2.30. The summed E-state index contributed by atoms with van der Waals surface area (Å²) in [7, 11) is -3.56. The Morgan fingerprint density at radius 1 is 1.03 bits per heavy atom. The molecule has 0 radical (unpaired) electrons. The molecule has 0 saturated carbocycles. The average molecular weight is 433 g/mol. The van der Waals surface area contributed by atoms with Crippen LogP contribution >= 0.6 is 0 Å². The van der Waals surface area contributed by atoms with E-state index < -0.39 is 10.0 Å². The van der Waals surface area contributed by atoms with Crippen molar-refractivity contribution < 1.29 is 8.42 Å². The Bertz CT molecular complexity index is 1030. The molecule has 0 amide bonds. The van der Waals surface area contributed by atoms with Crippen molar-refractivity contribution >= 4 is 15.8 Å². The molecule has 8 heteroatoms. The molecule has 7 nitrogen and oxygen atoms in total. The molecular formula is C22H32N4O3S. The Kier molecular flexibility index (Phi) is 6.38. The molecule has 0 unspecified atom stereocenters. The van der Waals surface area contributed by atoms with E-state index in [1.54, 1.807) is 29.1 Å². The van der Waals surface area contributed by atoms with Crippen LogP contribution in [0.2, 0.25) is 0 Å². The highest BCUT2D eigenvalue weighted by atomic mass is 32.2. The first-order valence-electron chi connectivity index (χ1n) is 10.4. The third-order valence-electron chi connectivity index (χ3n) is 5.35. The fraction of sp³-hybridized carbons (Fsp3) is 0.545. The van der Waals surface area contributed by atoms with Crippen LogP contribution in [0.4, 0.5) is 5.82 Å². The molecule has 0 aliphatic carbocycles. The average Bonchev–Trinajstić information content (AvgIpc) is 2.69. The Morgan fingerprint density at radius 2 is 1.63 bits per heavy atom. The first-order valence-corrected chi connectivity index (χ1v) is 11.9. The molecule has 3 rings (SSSR count). The summed E-state index contributed by atoms with van der Waals surface area (Å²) in [6.07, 6.45) is 3.34. The maximum absolute atomic E-state index is 13.1. The van der Waals surface area contributed by atoms with E-state index in [0.717, 1.165) is 5.56 Å². The van der Waals surface area contributed by atoms with E-state index in [1.807, 2.05) is 17.0 Å². The summed E-state index contributed by atoms with van der Waals surface area (Å²) in [4.78, 5) is 19.2. The van der Waals surface area contributed by atoms with Crippen LogP contribution < -0.4 is 10.5 Å². The fourth-order valence-electron chi connectivity index (χ4n) is 3.61. The molecule has 30 heavy (non-hydrogen) atoms. The highest BCUT2D eigenvalue weighted by molar-refractivity contribution is 7.89. The van der Waals surface area contributed by atoms with Gasteiger partial charge in [-0.1, -0.05) is 46.8 Å². The number of benzene rings is 1. The van der Waals surface area contributed by atoms with Gasteiger partial charge in [-0.15, -0.1) is 0 Å². The van der Waals surface area contributed by atoms with Crippen molar-refractivity contribution in [3.8, 4) is 0 Å². The van der Waals surface area contributed by atoms with Gasteiger partial charge >= 0.3 is 0 Å². The summed E-state index contributed by atoms with van der Waals surface area (Å²) < 4.78 is 29.3. The van der Waals surface area contributed by atoms with Gasteiger partial charge in [-0.3, -0.25) is 4.79 Å². The lowest BCUT2D eigenvalue weighted by Crippen LogP contribution is -2.50. The van der Waals surface area contributed by atoms with Crippen LogP contribution in [-0.2, 0) is 22.0 Å². The molecule has 2 heterocycles. The first kappa shape index (κ1) is 22.5. The number of piperazine rings is 1. The van der Waals surface area contributed by atoms with Gasteiger partial charge in [0.05, 0.1) is 4.90 Å². The second kappa shape index (κ2) is 8.51. The van der Waals surface area contributed by atoms with Gasteiger partial charge in [0.1, 0.15) is 0 Å². The van der Waals surface area contributed by atoms with Crippen LogP contribution in [0.15, 0.2) is 46.3 Å². The Balaban J connectivity index is 1.73. The van der Waals surface area contributed by atoms with Crippen LogP contribution in [0.25, 0.3) is 0 Å². The maximum Gasteiger partial charge on any atom is 0.293 e. The van der Waals surface area contributed by atoms with E-state index in [-0.39, 0.29) is 11.0 Å². The standard InChI is InChI=1S/C22H32N4O3S/c1-17(2)16-25-11-10-23-20(21(25)27)24-12-14-26(15-13-24)30(28,29)19-8-6-18(7-9-19)22(3,4)5/h6-11,17H,12-16H2,1-5H3. The molecule has 2 aromatic rings. The van der Waals surface area contributed by atoms with E-state index in [9.17, 15) is 13.2 Å². The van der Waals surface area contributed by atoms with Gasteiger partial charge in [-0.25, -0.2) is 13.4 Å². The van der Waals surface area contributed by atoms with Crippen molar-refractivity contribution in [2.45, 2.75) is 51.5 Å². The van der Waals surface area contributed by atoms with Crippen molar-refractivity contribution in [2.75, 3.05) is 31.1 Å². The van der Waals surface area contributed by atoms with Gasteiger partial charge in [-0.2, -0.15) is 4.31 Å². The molecule has 1 aromatic carbocycles. The number of hydrogen-bond donors (Lipinski definition) is 0. The van der Waals surface area contributed by atoms with Crippen molar-refractivity contribution in [1.82, 2.24) is 13.9 Å². The minimum atomic E-state index is -3.56. The summed E-state index contributed by atoms with van der Waals surface area (Å²) in [5.74, 6) is 0.745. The molecule has 1 saturated heterocycles. The minimum Gasteiger partial charge on any atom is -0.349 e. The Morgan fingerprint density at radius 3 is 2.17 bits per heavy atom. The third kappa shape index (κ3) is 4.75. The number of sulfonamides is 1. The van der Waals surface area contributed by atoms with Crippen molar-refractivity contribution in [2.24, 2.45) is 5.92 Å². The quantitative estimate of drug-likeness (QED) is 0.726. The van der Waals surface area contributed by atoms with Gasteiger partial charge < -0.3 is 9.47 Å². The zero-order chi connectivity index (χ0) is 22.1. The molecule has 1 aromatic heterocycles. The second-order valence-electron chi connectivity index (χ2n) is 9.27. The fourth-order valence-corrected chi connectivity index (χ4v) is 5.03. The van der Waals surface area contributed by atoms with E-state index >= 15 is 0 Å². The van der Waals surface area contributed by atoms with Crippen LogP contribution in [0.3, 0.4) is 0 Å². The molecule has 0 atom stereocenters. The first-order chi connectivity index (χ1) is 14.0. The Hall–Kier alpha value is -2.19. The second-order valence-corrected chi connectivity index (χ2v) is 11.2. The summed E-state index contributed by atoms with van der Waals surface area (Å²) in [5, 5.41) is 0. The lowest BCUT2D eigenvalue weighted by atomic mass is 9.87. The summed E-state index contributed by atoms with van der Waals surface area (Å²) in [6.45, 7) is 12.6. The lowest BCUT2D eigenvalue weighted by molar-refractivity contribution is 0.382. The topological polar surface area (TPSA) is 75.5 Å². The normalized spacial score (nSPS) is 16.3. The molecule has 0 spiro atoms.